The second-order valence-electron chi connectivity index (χ2n) is 5.63. The fourth-order valence-electron chi connectivity index (χ4n) is 2.19. The summed E-state index contributed by atoms with van der Waals surface area (Å²) in [6.45, 7) is 0.443. The number of hydrogen-bond donors (Lipinski definition) is 1. The Hall–Kier alpha value is -2.57. The van der Waals surface area contributed by atoms with Crippen molar-refractivity contribution >= 4 is 34.9 Å². The van der Waals surface area contributed by atoms with E-state index in [1.54, 1.807) is 48.3 Å². The van der Waals surface area contributed by atoms with E-state index in [-0.39, 0.29) is 6.03 Å². The summed E-state index contributed by atoms with van der Waals surface area (Å²) in [7, 11) is 1.70. The quantitative estimate of drug-likeness (QED) is 0.682. The molecule has 0 bridgehead atoms. The Morgan fingerprint density at radius 3 is 2.35 bits per heavy atom. The minimum Gasteiger partial charge on any atom is -0.334 e. The average molecular weight is 391 g/mol. The summed E-state index contributed by atoms with van der Waals surface area (Å²) in [5.74, 6) is 0.950. The zero-order valence-corrected chi connectivity index (χ0v) is 15.5. The van der Waals surface area contributed by atoms with E-state index in [9.17, 15) is 4.79 Å². The molecule has 2 amide bonds. The molecule has 2 aromatic carbocycles. The molecule has 0 atom stereocenters. The van der Waals surface area contributed by atoms with Crippen molar-refractivity contribution in [3.8, 4) is 11.5 Å². The zero-order valence-electron chi connectivity index (χ0n) is 13.9. The van der Waals surface area contributed by atoms with E-state index in [0.29, 0.717) is 40.4 Å². The first-order valence-electron chi connectivity index (χ1n) is 7.87. The maximum Gasteiger partial charge on any atom is 0.321 e. The van der Waals surface area contributed by atoms with E-state index in [1.807, 2.05) is 12.1 Å². The van der Waals surface area contributed by atoms with Crippen LogP contribution in [0.15, 0.2) is 53.1 Å². The van der Waals surface area contributed by atoms with Crippen LogP contribution in [-0.2, 0) is 6.42 Å². The Morgan fingerprint density at radius 2 is 1.69 bits per heavy atom. The summed E-state index contributed by atoms with van der Waals surface area (Å²) in [6.07, 6.45) is 0.474. The number of nitrogens with one attached hydrogen (secondary N) is 1. The highest BCUT2D eigenvalue weighted by Crippen LogP contribution is 2.20. The Balaban J connectivity index is 1.54. The molecule has 1 N–H and O–H groups in total. The Labute approximate surface area is 160 Å². The van der Waals surface area contributed by atoms with Crippen LogP contribution in [0, 0.1) is 0 Å². The third kappa shape index (κ3) is 4.74. The first-order chi connectivity index (χ1) is 12.5. The molecule has 8 heteroatoms. The number of benzene rings is 2. The molecular formula is C18H16Cl2N4O2. The third-order valence-electron chi connectivity index (χ3n) is 3.67. The average Bonchev–Trinajstić information content (AvgIpc) is 3.11. The second-order valence-corrected chi connectivity index (χ2v) is 6.50. The van der Waals surface area contributed by atoms with Crippen LogP contribution in [0.4, 0.5) is 10.5 Å². The fraction of sp³-hybridized carbons (Fsp3) is 0.167. The molecule has 6 nitrogen and oxygen atoms in total. The van der Waals surface area contributed by atoms with Gasteiger partial charge in [-0.3, -0.25) is 0 Å². The lowest BCUT2D eigenvalue weighted by molar-refractivity contribution is 0.222. The van der Waals surface area contributed by atoms with E-state index in [1.165, 1.54) is 0 Å². The number of amides is 2. The highest BCUT2D eigenvalue weighted by atomic mass is 35.5. The number of anilines is 1. The lowest BCUT2D eigenvalue weighted by Crippen LogP contribution is -2.33. The van der Waals surface area contributed by atoms with Crippen molar-refractivity contribution in [2.24, 2.45) is 0 Å². The SMILES string of the molecule is CN(CCc1noc(-c2ccc(Cl)cc2)n1)C(=O)Nc1ccc(Cl)cc1. The lowest BCUT2D eigenvalue weighted by atomic mass is 10.2. The maximum atomic E-state index is 12.2. The van der Waals surface area contributed by atoms with Crippen LogP contribution < -0.4 is 5.32 Å². The van der Waals surface area contributed by atoms with Crippen LogP contribution in [0.25, 0.3) is 11.5 Å². The van der Waals surface area contributed by atoms with Gasteiger partial charge in [0.25, 0.3) is 5.89 Å². The van der Waals surface area contributed by atoms with Gasteiger partial charge in [-0.2, -0.15) is 4.98 Å². The minimum absolute atomic E-state index is 0.228. The molecule has 3 rings (SSSR count). The molecule has 0 aliphatic carbocycles. The van der Waals surface area contributed by atoms with Crippen LogP contribution in [0.3, 0.4) is 0 Å². The molecule has 0 fully saturated rings. The first kappa shape index (κ1) is 18.2. The second kappa shape index (κ2) is 8.21. The largest absolute Gasteiger partial charge is 0.334 e. The summed E-state index contributed by atoms with van der Waals surface area (Å²) in [5, 5.41) is 8.00. The van der Waals surface area contributed by atoms with Crippen molar-refractivity contribution in [1.29, 1.82) is 0 Å². The van der Waals surface area contributed by atoms with Gasteiger partial charge in [0.05, 0.1) is 0 Å². The van der Waals surface area contributed by atoms with Crippen LogP contribution in [0.2, 0.25) is 10.0 Å². The van der Waals surface area contributed by atoms with Gasteiger partial charge < -0.3 is 14.7 Å². The smallest absolute Gasteiger partial charge is 0.321 e. The Bertz CT molecular complexity index is 879. The molecule has 0 saturated carbocycles. The van der Waals surface area contributed by atoms with E-state index in [4.69, 9.17) is 27.7 Å². The molecule has 0 aliphatic rings. The first-order valence-corrected chi connectivity index (χ1v) is 8.63. The summed E-state index contributed by atoms with van der Waals surface area (Å²) in [5.41, 5.74) is 1.47. The highest BCUT2D eigenvalue weighted by molar-refractivity contribution is 6.30. The van der Waals surface area contributed by atoms with E-state index >= 15 is 0 Å². The van der Waals surface area contributed by atoms with Crippen molar-refractivity contribution in [1.82, 2.24) is 15.0 Å². The van der Waals surface area contributed by atoms with E-state index in [2.05, 4.69) is 15.5 Å². The molecule has 0 saturated heterocycles. The predicted octanol–water partition coefficient (Wildman–Crippen LogP) is 4.75. The predicted molar refractivity (Wildman–Crippen MR) is 102 cm³/mol. The van der Waals surface area contributed by atoms with Gasteiger partial charge in [0, 0.05) is 41.3 Å². The third-order valence-corrected chi connectivity index (χ3v) is 4.18. The van der Waals surface area contributed by atoms with Crippen molar-refractivity contribution in [3.05, 3.63) is 64.4 Å². The van der Waals surface area contributed by atoms with Crippen molar-refractivity contribution in [2.45, 2.75) is 6.42 Å². The van der Waals surface area contributed by atoms with Gasteiger partial charge in [-0.1, -0.05) is 28.4 Å². The number of rotatable bonds is 5. The number of aromatic nitrogens is 2. The zero-order chi connectivity index (χ0) is 18.5. The summed E-state index contributed by atoms with van der Waals surface area (Å²) >= 11 is 11.7. The van der Waals surface area contributed by atoms with Gasteiger partial charge >= 0.3 is 6.03 Å². The van der Waals surface area contributed by atoms with Crippen LogP contribution in [-0.4, -0.2) is 34.7 Å². The molecule has 3 aromatic rings. The summed E-state index contributed by atoms with van der Waals surface area (Å²) in [6, 6.07) is 13.8. The Morgan fingerprint density at radius 1 is 1.08 bits per heavy atom. The van der Waals surface area contributed by atoms with Gasteiger partial charge in [-0.05, 0) is 48.5 Å². The number of halogens is 2. The van der Waals surface area contributed by atoms with Crippen LogP contribution in [0.5, 0.6) is 0 Å². The fourth-order valence-corrected chi connectivity index (χ4v) is 2.44. The topological polar surface area (TPSA) is 71.3 Å². The van der Waals surface area contributed by atoms with Crippen molar-refractivity contribution in [2.75, 3.05) is 18.9 Å². The van der Waals surface area contributed by atoms with E-state index in [0.717, 1.165) is 5.56 Å². The molecule has 0 aliphatic heterocycles. The van der Waals surface area contributed by atoms with Gasteiger partial charge in [-0.15, -0.1) is 0 Å². The molecule has 1 aromatic heterocycles. The molecule has 1 heterocycles. The van der Waals surface area contributed by atoms with Crippen molar-refractivity contribution < 1.29 is 9.32 Å². The maximum absolute atomic E-state index is 12.2. The van der Waals surface area contributed by atoms with E-state index < -0.39 is 0 Å². The Kier molecular flexibility index (Phi) is 5.75. The van der Waals surface area contributed by atoms with Crippen LogP contribution >= 0.6 is 23.2 Å². The standard InChI is InChI=1S/C18H16Cl2N4O2/c1-24(18(25)21-15-8-6-14(20)7-9-15)11-10-16-22-17(26-23-16)12-2-4-13(19)5-3-12/h2-9H,10-11H2,1H3,(H,21,25). The molecular weight excluding hydrogens is 375 g/mol. The highest BCUT2D eigenvalue weighted by Gasteiger charge is 2.12. The minimum atomic E-state index is -0.228. The molecule has 26 heavy (non-hydrogen) atoms. The molecule has 0 spiro atoms. The summed E-state index contributed by atoms with van der Waals surface area (Å²) in [4.78, 5) is 18.1. The monoisotopic (exact) mass is 390 g/mol. The normalized spacial score (nSPS) is 10.6. The number of urea groups is 1. The van der Waals surface area contributed by atoms with Crippen molar-refractivity contribution in [3.63, 3.8) is 0 Å². The number of nitrogens with zero attached hydrogens (tertiary/aromatic N) is 3. The number of likely N-dealkylation sites (N-methyl/N-ethyl adjacent to an activating group) is 1. The van der Waals surface area contributed by atoms with Crippen LogP contribution in [0.1, 0.15) is 5.82 Å². The molecule has 134 valence electrons. The van der Waals surface area contributed by atoms with Gasteiger partial charge in [0.15, 0.2) is 5.82 Å². The molecule has 0 radical (unpaired) electrons. The summed E-state index contributed by atoms with van der Waals surface area (Å²) < 4.78 is 5.25. The van der Waals surface area contributed by atoms with Gasteiger partial charge in [0.1, 0.15) is 0 Å². The van der Waals surface area contributed by atoms with Gasteiger partial charge in [0.2, 0.25) is 0 Å². The molecule has 0 unspecified atom stereocenters. The number of carbonyl (C=O) groups is 1. The lowest BCUT2D eigenvalue weighted by Gasteiger charge is -2.17. The van der Waals surface area contributed by atoms with Gasteiger partial charge in [-0.25, -0.2) is 4.79 Å². The number of carbonyl (C=O) groups excluding carboxylic acids is 1. The number of hydrogen-bond acceptors (Lipinski definition) is 4.